The fourth-order valence-electron chi connectivity index (χ4n) is 1.94. The molecule has 0 saturated heterocycles. The molecule has 0 aliphatic rings. The first-order valence-electron chi connectivity index (χ1n) is 5.98. The van der Waals surface area contributed by atoms with E-state index in [0.717, 1.165) is 21.0 Å². The molecule has 0 amide bonds. The van der Waals surface area contributed by atoms with Crippen molar-refractivity contribution in [1.82, 2.24) is 9.97 Å². The number of nitrogens with zero attached hydrogens (tertiary/aromatic N) is 2. The van der Waals surface area contributed by atoms with Gasteiger partial charge in [0.05, 0.1) is 0 Å². The van der Waals surface area contributed by atoms with Crippen LogP contribution in [0.3, 0.4) is 0 Å². The number of rotatable bonds is 2. The van der Waals surface area contributed by atoms with Crippen molar-refractivity contribution < 1.29 is 4.74 Å². The van der Waals surface area contributed by atoms with Crippen LogP contribution < -0.4 is 4.74 Å². The zero-order valence-electron chi connectivity index (χ0n) is 10.6. The average Bonchev–Trinajstić information content (AvgIpc) is 2.38. The molecule has 0 radical (unpaired) electrons. The quantitative estimate of drug-likeness (QED) is 0.557. The van der Waals surface area contributed by atoms with Gasteiger partial charge in [0.2, 0.25) is 5.88 Å². The Morgan fingerprint density at radius 1 is 0.900 bits per heavy atom. The van der Waals surface area contributed by atoms with E-state index < -0.39 is 0 Å². The van der Waals surface area contributed by atoms with Gasteiger partial charge in [-0.2, -0.15) is 4.98 Å². The number of hydrogen-bond donors (Lipinski definition) is 0. The second-order valence-electron chi connectivity index (χ2n) is 4.33. The van der Waals surface area contributed by atoms with Crippen LogP contribution >= 0.6 is 31.9 Å². The molecule has 0 aliphatic carbocycles. The summed E-state index contributed by atoms with van der Waals surface area (Å²) >= 11 is 6.80. The molecule has 0 atom stereocenters. The van der Waals surface area contributed by atoms with Crippen LogP contribution in [0.15, 0.2) is 51.5 Å². The molecule has 3 rings (SSSR count). The van der Waals surface area contributed by atoms with Crippen LogP contribution in [0.2, 0.25) is 0 Å². The molecule has 5 heteroatoms. The van der Waals surface area contributed by atoms with E-state index in [2.05, 4.69) is 47.9 Å². The van der Waals surface area contributed by atoms with Gasteiger partial charge in [-0.1, -0.05) is 28.1 Å². The van der Waals surface area contributed by atoms with Crippen molar-refractivity contribution in [2.45, 2.75) is 6.92 Å². The van der Waals surface area contributed by atoms with Gasteiger partial charge < -0.3 is 4.74 Å². The van der Waals surface area contributed by atoms with Gasteiger partial charge in [-0.3, -0.25) is 0 Å². The summed E-state index contributed by atoms with van der Waals surface area (Å²) < 4.78 is 7.56. The van der Waals surface area contributed by atoms with Crippen LogP contribution in [0.4, 0.5) is 0 Å². The molecular formula is C15H10Br2N2O. The Bertz CT molecular complexity index is 770. The molecule has 20 heavy (non-hydrogen) atoms. The van der Waals surface area contributed by atoms with Gasteiger partial charge in [0.25, 0.3) is 0 Å². The summed E-state index contributed by atoms with van der Waals surface area (Å²) in [6.45, 7) is 1.83. The van der Waals surface area contributed by atoms with Gasteiger partial charge in [-0.15, -0.1) is 0 Å². The summed E-state index contributed by atoms with van der Waals surface area (Å²) in [6.07, 6.45) is 0. The molecule has 0 fully saturated rings. The lowest BCUT2D eigenvalue weighted by Gasteiger charge is -2.07. The van der Waals surface area contributed by atoms with E-state index >= 15 is 0 Å². The Labute approximate surface area is 133 Å². The lowest BCUT2D eigenvalue weighted by molar-refractivity contribution is 0.460. The molecule has 2 aromatic carbocycles. The lowest BCUT2D eigenvalue weighted by Crippen LogP contribution is -1.93. The van der Waals surface area contributed by atoms with E-state index in [1.807, 2.05) is 37.3 Å². The van der Waals surface area contributed by atoms with Gasteiger partial charge in [-0.25, -0.2) is 4.98 Å². The first-order chi connectivity index (χ1) is 9.60. The third kappa shape index (κ3) is 2.99. The standard InChI is InChI=1S/C15H10Br2N2O/c1-9-18-14(17)8-15(19-9)20-13-5-3-10-6-12(16)4-2-11(10)7-13/h2-8H,1H3. The molecular weight excluding hydrogens is 384 g/mol. The molecule has 3 aromatic rings. The monoisotopic (exact) mass is 392 g/mol. The summed E-state index contributed by atoms with van der Waals surface area (Å²) in [4.78, 5) is 8.41. The molecule has 0 saturated carbocycles. The fourth-order valence-corrected chi connectivity index (χ4v) is 2.77. The average molecular weight is 394 g/mol. The predicted octanol–water partition coefficient (Wildman–Crippen LogP) is 5.26. The second kappa shape index (κ2) is 5.50. The summed E-state index contributed by atoms with van der Waals surface area (Å²) in [5, 5.41) is 2.28. The normalized spacial score (nSPS) is 10.8. The minimum atomic E-state index is 0.529. The van der Waals surface area contributed by atoms with Crippen LogP contribution in [-0.4, -0.2) is 9.97 Å². The summed E-state index contributed by atoms with van der Waals surface area (Å²) in [7, 11) is 0. The van der Waals surface area contributed by atoms with Gasteiger partial charge in [0, 0.05) is 10.5 Å². The molecule has 0 unspecified atom stereocenters. The molecule has 100 valence electrons. The minimum Gasteiger partial charge on any atom is -0.439 e. The fraction of sp³-hybridized carbons (Fsp3) is 0.0667. The van der Waals surface area contributed by atoms with Crippen LogP contribution in [-0.2, 0) is 0 Å². The van der Waals surface area contributed by atoms with E-state index in [4.69, 9.17) is 4.74 Å². The van der Waals surface area contributed by atoms with Gasteiger partial charge in [0.15, 0.2) is 0 Å². The molecule has 0 spiro atoms. The van der Waals surface area contributed by atoms with Crippen LogP contribution in [0.1, 0.15) is 5.82 Å². The van der Waals surface area contributed by atoms with Crippen molar-refractivity contribution >= 4 is 42.6 Å². The molecule has 1 heterocycles. The van der Waals surface area contributed by atoms with Crippen molar-refractivity contribution in [2.75, 3.05) is 0 Å². The van der Waals surface area contributed by atoms with Crippen molar-refractivity contribution in [3.8, 4) is 11.6 Å². The van der Waals surface area contributed by atoms with Gasteiger partial charge in [-0.05, 0) is 57.9 Å². The number of aromatic nitrogens is 2. The second-order valence-corrected chi connectivity index (χ2v) is 6.06. The zero-order valence-corrected chi connectivity index (χ0v) is 13.8. The van der Waals surface area contributed by atoms with E-state index in [0.29, 0.717) is 16.3 Å². The van der Waals surface area contributed by atoms with Crippen molar-refractivity contribution in [1.29, 1.82) is 0 Å². The topological polar surface area (TPSA) is 35.0 Å². The smallest absolute Gasteiger partial charge is 0.223 e. The Morgan fingerprint density at radius 2 is 1.65 bits per heavy atom. The maximum Gasteiger partial charge on any atom is 0.223 e. The largest absolute Gasteiger partial charge is 0.439 e. The predicted molar refractivity (Wildman–Crippen MR) is 86.2 cm³/mol. The minimum absolute atomic E-state index is 0.529. The maximum atomic E-state index is 5.79. The molecule has 0 aliphatic heterocycles. The molecule has 3 nitrogen and oxygen atoms in total. The van der Waals surface area contributed by atoms with E-state index in [1.165, 1.54) is 0 Å². The highest BCUT2D eigenvalue weighted by atomic mass is 79.9. The van der Waals surface area contributed by atoms with E-state index in [-0.39, 0.29) is 0 Å². The first kappa shape index (κ1) is 13.5. The highest BCUT2D eigenvalue weighted by molar-refractivity contribution is 9.10. The molecule has 1 aromatic heterocycles. The van der Waals surface area contributed by atoms with Crippen molar-refractivity contribution in [2.24, 2.45) is 0 Å². The van der Waals surface area contributed by atoms with E-state index in [9.17, 15) is 0 Å². The Hall–Kier alpha value is -1.46. The lowest BCUT2D eigenvalue weighted by atomic mass is 10.1. The maximum absolute atomic E-state index is 5.79. The first-order valence-corrected chi connectivity index (χ1v) is 7.57. The molecule has 0 N–H and O–H groups in total. The third-order valence-electron chi connectivity index (χ3n) is 2.78. The Morgan fingerprint density at radius 3 is 2.45 bits per heavy atom. The summed E-state index contributed by atoms with van der Waals surface area (Å²) in [5.41, 5.74) is 0. The van der Waals surface area contributed by atoms with Crippen molar-refractivity contribution in [3.05, 3.63) is 57.4 Å². The SMILES string of the molecule is Cc1nc(Br)cc(Oc2ccc3cc(Br)ccc3c2)n1. The highest BCUT2D eigenvalue weighted by Gasteiger charge is 2.04. The van der Waals surface area contributed by atoms with Crippen LogP contribution in [0.25, 0.3) is 10.8 Å². The van der Waals surface area contributed by atoms with Crippen LogP contribution in [0, 0.1) is 6.92 Å². The number of halogens is 2. The van der Waals surface area contributed by atoms with Crippen molar-refractivity contribution in [3.63, 3.8) is 0 Å². The summed E-state index contributed by atoms with van der Waals surface area (Å²) in [5.74, 6) is 1.95. The molecule has 0 bridgehead atoms. The number of fused-ring (bicyclic) bond motifs is 1. The number of hydrogen-bond acceptors (Lipinski definition) is 3. The summed E-state index contributed by atoms with van der Waals surface area (Å²) in [6, 6.07) is 13.8. The van der Waals surface area contributed by atoms with Crippen LogP contribution in [0.5, 0.6) is 11.6 Å². The Kier molecular flexibility index (Phi) is 3.72. The number of aryl methyl sites for hydroxylation is 1. The Balaban J connectivity index is 1.96. The van der Waals surface area contributed by atoms with Gasteiger partial charge >= 0.3 is 0 Å². The number of ether oxygens (including phenoxy) is 1. The third-order valence-corrected chi connectivity index (χ3v) is 3.68. The zero-order chi connectivity index (χ0) is 14.1. The highest BCUT2D eigenvalue weighted by Crippen LogP contribution is 2.27. The van der Waals surface area contributed by atoms with Gasteiger partial charge in [0.1, 0.15) is 16.2 Å². The van der Waals surface area contributed by atoms with E-state index in [1.54, 1.807) is 6.07 Å². The number of benzene rings is 2.